The lowest BCUT2D eigenvalue weighted by Gasteiger charge is -2.06. The Morgan fingerprint density at radius 3 is 2.44 bits per heavy atom. The summed E-state index contributed by atoms with van der Waals surface area (Å²) in [4.78, 5) is 0.580. The topological polar surface area (TPSA) is 34.1 Å². The Morgan fingerprint density at radius 2 is 1.94 bits per heavy atom. The maximum atomic E-state index is 12.4. The van der Waals surface area contributed by atoms with Crippen LogP contribution in [0.4, 0.5) is 0 Å². The molecule has 0 atom stereocenters. The van der Waals surface area contributed by atoms with Gasteiger partial charge in [0.2, 0.25) is 9.84 Å². The summed E-state index contributed by atoms with van der Waals surface area (Å²) in [5, 5.41) is 0. The summed E-state index contributed by atoms with van der Waals surface area (Å²) in [5.74, 6) is 0. The zero-order valence-electron chi connectivity index (χ0n) is 11.0. The first-order chi connectivity index (χ1) is 8.37. The lowest BCUT2D eigenvalue weighted by molar-refractivity contribution is 0.603. The molecule has 0 heterocycles. The summed E-state index contributed by atoms with van der Waals surface area (Å²) >= 11 is 0. The van der Waals surface area contributed by atoms with E-state index >= 15 is 0 Å². The number of rotatable bonds is 4. The van der Waals surface area contributed by atoms with E-state index in [1.807, 2.05) is 26.8 Å². The number of hydrogen-bond acceptors (Lipinski definition) is 2. The summed E-state index contributed by atoms with van der Waals surface area (Å²) in [6, 6.07) is 6.90. The molecule has 0 bridgehead atoms. The molecular weight excluding hydrogens is 244 g/mol. The largest absolute Gasteiger partial charge is 0.219 e. The van der Waals surface area contributed by atoms with Crippen LogP contribution in [0.25, 0.3) is 0 Å². The highest BCUT2D eigenvalue weighted by Gasteiger charge is 2.18. The molecule has 1 rings (SSSR count). The van der Waals surface area contributed by atoms with E-state index in [-0.39, 0.29) is 4.91 Å². The highest BCUT2D eigenvalue weighted by molar-refractivity contribution is 7.95. The normalized spacial score (nSPS) is 12.1. The van der Waals surface area contributed by atoms with E-state index in [0.717, 1.165) is 11.1 Å². The van der Waals surface area contributed by atoms with Crippen LogP contribution in [0.5, 0.6) is 0 Å². The van der Waals surface area contributed by atoms with Crippen molar-refractivity contribution in [1.29, 1.82) is 0 Å². The summed E-state index contributed by atoms with van der Waals surface area (Å²) in [6.45, 7) is 9.16. The van der Waals surface area contributed by atoms with Crippen LogP contribution in [0.2, 0.25) is 0 Å². The molecule has 0 aliphatic rings. The molecule has 2 nitrogen and oxygen atoms in total. The fourth-order valence-electron chi connectivity index (χ4n) is 1.53. The number of benzene rings is 1. The van der Waals surface area contributed by atoms with Crippen molar-refractivity contribution in [2.45, 2.75) is 25.7 Å². The van der Waals surface area contributed by atoms with E-state index in [1.165, 1.54) is 12.2 Å². The Hall–Kier alpha value is -1.61. The zero-order valence-corrected chi connectivity index (χ0v) is 11.8. The molecule has 1 aromatic carbocycles. The third kappa shape index (κ3) is 3.44. The summed E-state index contributed by atoms with van der Waals surface area (Å²) in [5.41, 5.74) is 1.85. The third-order valence-corrected chi connectivity index (χ3v) is 4.07. The molecule has 1 aromatic rings. The van der Waals surface area contributed by atoms with Crippen LogP contribution in [0.1, 0.15) is 19.4 Å². The van der Waals surface area contributed by atoms with Crippen molar-refractivity contribution >= 4 is 9.84 Å². The molecule has 0 fully saturated rings. The van der Waals surface area contributed by atoms with E-state index in [4.69, 9.17) is 0 Å². The van der Waals surface area contributed by atoms with Crippen molar-refractivity contribution in [3.05, 3.63) is 65.1 Å². The van der Waals surface area contributed by atoms with Gasteiger partial charge < -0.3 is 0 Å². The maximum absolute atomic E-state index is 12.4. The van der Waals surface area contributed by atoms with Crippen molar-refractivity contribution in [3.63, 3.8) is 0 Å². The molecule has 96 valence electrons. The van der Waals surface area contributed by atoms with Crippen LogP contribution in [-0.4, -0.2) is 8.42 Å². The second kappa shape index (κ2) is 5.83. The second-order valence-electron chi connectivity index (χ2n) is 4.35. The van der Waals surface area contributed by atoms with Gasteiger partial charge in [-0.25, -0.2) is 8.42 Å². The lowest BCUT2D eigenvalue weighted by atomic mass is 10.2. The first-order valence-electron chi connectivity index (χ1n) is 5.67. The molecule has 0 aromatic heterocycles. The average Bonchev–Trinajstić information content (AvgIpc) is 2.28. The van der Waals surface area contributed by atoms with Gasteiger partial charge in [-0.05, 0) is 50.6 Å². The molecule has 18 heavy (non-hydrogen) atoms. The van der Waals surface area contributed by atoms with Gasteiger partial charge in [-0.1, -0.05) is 30.4 Å². The highest BCUT2D eigenvalue weighted by atomic mass is 32.2. The SMILES string of the molecule is C=C/C=C(\C=C(C)C)S(=O)(=O)c1cccc(C)c1. The quantitative estimate of drug-likeness (QED) is 0.773. The van der Waals surface area contributed by atoms with Gasteiger partial charge >= 0.3 is 0 Å². The molecule has 0 aliphatic carbocycles. The van der Waals surface area contributed by atoms with Gasteiger partial charge in [0, 0.05) is 0 Å². The van der Waals surface area contributed by atoms with Gasteiger partial charge in [-0.15, -0.1) is 0 Å². The Bertz CT molecular complexity index is 601. The molecule has 0 radical (unpaired) electrons. The highest BCUT2D eigenvalue weighted by Crippen LogP contribution is 2.22. The summed E-state index contributed by atoms with van der Waals surface area (Å²) in [6.07, 6.45) is 4.66. The van der Waals surface area contributed by atoms with Gasteiger partial charge in [-0.3, -0.25) is 0 Å². The number of allylic oxidation sites excluding steroid dienone is 4. The first-order valence-corrected chi connectivity index (χ1v) is 7.15. The van der Waals surface area contributed by atoms with Crippen LogP contribution in [0, 0.1) is 6.92 Å². The Balaban J connectivity index is 3.40. The summed E-state index contributed by atoms with van der Waals surface area (Å²) in [7, 11) is -3.47. The van der Waals surface area contributed by atoms with Crippen LogP contribution < -0.4 is 0 Å². The second-order valence-corrected chi connectivity index (χ2v) is 6.30. The van der Waals surface area contributed by atoms with Gasteiger partial charge in [0.1, 0.15) is 0 Å². The van der Waals surface area contributed by atoms with Gasteiger partial charge in [0.25, 0.3) is 0 Å². The minimum Gasteiger partial charge on any atom is -0.219 e. The summed E-state index contributed by atoms with van der Waals surface area (Å²) < 4.78 is 24.9. The number of sulfone groups is 1. The zero-order chi connectivity index (χ0) is 13.8. The molecule has 0 aliphatic heterocycles. The predicted octanol–water partition coefficient (Wildman–Crippen LogP) is 3.80. The minimum absolute atomic E-state index is 0.267. The van der Waals surface area contributed by atoms with Crippen LogP contribution in [0.3, 0.4) is 0 Å². The molecule has 0 saturated carbocycles. The van der Waals surface area contributed by atoms with Crippen LogP contribution in [0.15, 0.2) is 64.4 Å². The fourth-order valence-corrected chi connectivity index (χ4v) is 3.07. The van der Waals surface area contributed by atoms with Crippen LogP contribution in [-0.2, 0) is 9.84 Å². The van der Waals surface area contributed by atoms with Gasteiger partial charge in [-0.2, -0.15) is 0 Å². The maximum Gasteiger partial charge on any atom is 0.206 e. The minimum atomic E-state index is -3.47. The van der Waals surface area contributed by atoms with E-state index in [2.05, 4.69) is 6.58 Å². The van der Waals surface area contributed by atoms with Crippen molar-refractivity contribution in [3.8, 4) is 0 Å². The van der Waals surface area contributed by atoms with Gasteiger partial charge in [0.05, 0.1) is 9.80 Å². The molecule has 0 amide bonds. The molecule has 0 spiro atoms. The monoisotopic (exact) mass is 262 g/mol. The number of aryl methyl sites for hydroxylation is 1. The Labute approximate surface area is 109 Å². The van der Waals surface area contributed by atoms with Crippen molar-refractivity contribution in [2.75, 3.05) is 0 Å². The molecule has 0 saturated heterocycles. The fraction of sp³-hybridized carbons (Fsp3) is 0.200. The smallest absolute Gasteiger partial charge is 0.206 e. The van der Waals surface area contributed by atoms with E-state index in [9.17, 15) is 8.42 Å². The van der Waals surface area contributed by atoms with E-state index in [0.29, 0.717) is 4.90 Å². The Kier molecular flexibility index (Phi) is 4.68. The number of hydrogen-bond donors (Lipinski definition) is 0. The van der Waals surface area contributed by atoms with Crippen LogP contribution >= 0.6 is 0 Å². The predicted molar refractivity (Wildman–Crippen MR) is 76.1 cm³/mol. The third-order valence-electron chi connectivity index (χ3n) is 2.32. The van der Waals surface area contributed by atoms with E-state index < -0.39 is 9.84 Å². The first kappa shape index (κ1) is 14.5. The lowest BCUT2D eigenvalue weighted by Crippen LogP contribution is -2.03. The molecular formula is C15H18O2S. The Morgan fingerprint density at radius 1 is 1.28 bits per heavy atom. The molecule has 0 unspecified atom stereocenters. The van der Waals surface area contributed by atoms with Crippen molar-refractivity contribution < 1.29 is 8.42 Å². The molecule has 0 N–H and O–H groups in total. The average molecular weight is 262 g/mol. The standard InChI is InChI=1S/C15H18O2S/c1-5-7-14(10-12(2)3)18(16,17)15-9-6-8-13(4)11-15/h5-11H,1H2,2-4H3/b14-7+. The van der Waals surface area contributed by atoms with Crippen molar-refractivity contribution in [2.24, 2.45) is 0 Å². The van der Waals surface area contributed by atoms with E-state index in [1.54, 1.807) is 24.3 Å². The molecule has 3 heteroatoms. The van der Waals surface area contributed by atoms with Gasteiger partial charge in [0.15, 0.2) is 0 Å². The van der Waals surface area contributed by atoms with Crippen molar-refractivity contribution in [1.82, 2.24) is 0 Å².